The van der Waals surface area contributed by atoms with E-state index < -0.39 is 0 Å². The molecule has 0 bridgehead atoms. The third kappa shape index (κ3) is 3.51. The summed E-state index contributed by atoms with van der Waals surface area (Å²) in [6.45, 7) is 5.80. The summed E-state index contributed by atoms with van der Waals surface area (Å²) in [4.78, 5) is 9.06. The van der Waals surface area contributed by atoms with E-state index in [1.54, 1.807) is 6.20 Å². The summed E-state index contributed by atoms with van der Waals surface area (Å²) in [7, 11) is 2.14. The van der Waals surface area contributed by atoms with Crippen LogP contribution in [-0.4, -0.2) is 46.1 Å². The Morgan fingerprint density at radius 2 is 2.33 bits per heavy atom. The van der Waals surface area contributed by atoms with Crippen LogP contribution in [0.2, 0.25) is 0 Å². The summed E-state index contributed by atoms with van der Waals surface area (Å²) >= 11 is 0. The van der Waals surface area contributed by atoms with Gasteiger partial charge in [-0.1, -0.05) is 12.1 Å². The van der Waals surface area contributed by atoms with Crippen molar-refractivity contribution in [3.63, 3.8) is 0 Å². The third-order valence-electron chi connectivity index (χ3n) is 4.08. The molecule has 1 aliphatic rings. The lowest BCUT2D eigenvalue weighted by molar-refractivity contribution is 0.198. The van der Waals surface area contributed by atoms with Crippen molar-refractivity contribution in [2.75, 3.05) is 20.1 Å². The first-order valence-corrected chi connectivity index (χ1v) is 7.50. The summed E-state index contributed by atoms with van der Waals surface area (Å²) in [6.07, 6.45) is 5.58. The van der Waals surface area contributed by atoms with Crippen LogP contribution in [0.3, 0.4) is 0 Å². The summed E-state index contributed by atoms with van der Waals surface area (Å²) in [5.74, 6) is 2.69. The maximum atomic E-state index is 5.69. The van der Waals surface area contributed by atoms with Crippen LogP contribution in [0.25, 0.3) is 0 Å². The molecule has 21 heavy (non-hydrogen) atoms. The number of aryl methyl sites for hydroxylation is 1. The number of hydrogen-bond donors (Lipinski definition) is 0. The van der Waals surface area contributed by atoms with Gasteiger partial charge in [0.15, 0.2) is 5.76 Å². The Balaban J connectivity index is 1.50. The van der Waals surface area contributed by atoms with E-state index in [0.29, 0.717) is 6.04 Å². The lowest BCUT2D eigenvalue weighted by Crippen LogP contribution is -2.34. The Kier molecular flexibility index (Phi) is 4.36. The smallest absolute Gasteiger partial charge is 0.208 e. The van der Waals surface area contributed by atoms with Gasteiger partial charge in [-0.05, 0) is 13.5 Å². The molecule has 0 spiro atoms. The Morgan fingerprint density at radius 3 is 3.05 bits per heavy atom. The second-order valence-corrected chi connectivity index (χ2v) is 5.65. The number of rotatable bonds is 6. The van der Waals surface area contributed by atoms with Crippen molar-refractivity contribution in [2.24, 2.45) is 0 Å². The number of aromatic nitrogens is 2. The predicted molar refractivity (Wildman–Crippen MR) is 77.5 cm³/mol. The lowest BCUT2D eigenvalue weighted by Gasteiger charge is -2.23. The molecule has 0 aromatic carbocycles. The standard InChI is InChI=1S/C15H22N4O2/c1-3-13-8-16-15(20-13)11-18(2)12-5-7-19(9-12)10-14-4-6-17-21-14/h4,6,8,12H,3,5,7,9-11H2,1-2H3/t12-/m0/s1. The van der Waals surface area contributed by atoms with Crippen LogP contribution in [0.1, 0.15) is 30.8 Å². The highest BCUT2D eigenvalue weighted by atomic mass is 16.5. The zero-order chi connectivity index (χ0) is 14.7. The highest BCUT2D eigenvalue weighted by Gasteiger charge is 2.27. The molecule has 0 radical (unpaired) electrons. The van der Waals surface area contributed by atoms with Crippen LogP contribution < -0.4 is 0 Å². The first-order chi connectivity index (χ1) is 10.2. The normalized spacial score (nSPS) is 19.7. The first kappa shape index (κ1) is 14.3. The van der Waals surface area contributed by atoms with Gasteiger partial charge in [0.2, 0.25) is 5.89 Å². The SMILES string of the molecule is CCc1cnc(CN(C)[C@H]2CCN(Cc3ccno3)C2)o1. The summed E-state index contributed by atoms with van der Waals surface area (Å²) in [5.41, 5.74) is 0. The van der Waals surface area contributed by atoms with E-state index in [9.17, 15) is 0 Å². The first-order valence-electron chi connectivity index (χ1n) is 7.50. The van der Waals surface area contributed by atoms with Gasteiger partial charge in [0, 0.05) is 31.6 Å². The van der Waals surface area contributed by atoms with E-state index in [4.69, 9.17) is 8.94 Å². The van der Waals surface area contributed by atoms with E-state index in [-0.39, 0.29) is 0 Å². The number of likely N-dealkylation sites (tertiary alicyclic amines) is 1. The van der Waals surface area contributed by atoms with Crippen LogP contribution >= 0.6 is 0 Å². The minimum absolute atomic E-state index is 0.532. The quantitative estimate of drug-likeness (QED) is 0.810. The molecule has 1 saturated heterocycles. The van der Waals surface area contributed by atoms with E-state index in [1.807, 2.05) is 12.3 Å². The third-order valence-corrected chi connectivity index (χ3v) is 4.08. The van der Waals surface area contributed by atoms with Crippen molar-refractivity contribution in [3.8, 4) is 0 Å². The average Bonchev–Trinajstić information content (AvgIpc) is 3.20. The van der Waals surface area contributed by atoms with Crippen LogP contribution in [0, 0.1) is 0 Å². The van der Waals surface area contributed by atoms with Crippen molar-refractivity contribution in [2.45, 2.75) is 38.9 Å². The molecule has 1 fully saturated rings. The topological polar surface area (TPSA) is 58.5 Å². The minimum atomic E-state index is 0.532. The van der Waals surface area contributed by atoms with Crippen molar-refractivity contribution in [1.29, 1.82) is 0 Å². The Bertz CT molecular complexity index is 552. The van der Waals surface area contributed by atoms with E-state index >= 15 is 0 Å². The Labute approximate surface area is 124 Å². The van der Waals surface area contributed by atoms with Crippen LogP contribution in [-0.2, 0) is 19.5 Å². The van der Waals surface area contributed by atoms with Gasteiger partial charge < -0.3 is 8.94 Å². The molecular weight excluding hydrogens is 268 g/mol. The number of hydrogen-bond acceptors (Lipinski definition) is 6. The maximum absolute atomic E-state index is 5.69. The fourth-order valence-corrected chi connectivity index (χ4v) is 2.79. The second-order valence-electron chi connectivity index (χ2n) is 5.65. The fourth-order valence-electron chi connectivity index (χ4n) is 2.79. The summed E-state index contributed by atoms with van der Waals surface area (Å²) in [5, 5.41) is 3.75. The Hall–Kier alpha value is -1.66. The van der Waals surface area contributed by atoms with Gasteiger partial charge >= 0.3 is 0 Å². The lowest BCUT2D eigenvalue weighted by atomic mass is 10.2. The highest BCUT2D eigenvalue weighted by molar-refractivity contribution is 4.96. The van der Waals surface area contributed by atoms with Crippen molar-refractivity contribution in [1.82, 2.24) is 19.9 Å². The van der Waals surface area contributed by atoms with Gasteiger partial charge in [0.1, 0.15) is 5.76 Å². The zero-order valence-electron chi connectivity index (χ0n) is 12.7. The molecule has 2 aromatic heterocycles. The molecule has 3 heterocycles. The van der Waals surface area contributed by atoms with E-state index in [1.165, 1.54) is 0 Å². The molecule has 0 saturated carbocycles. The molecule has 2 aromatic rings. The monoisotopic (exact) mass is 290 g/mol. The average molecular weight is 290 g/mol. The minimum Gasteiger partial charge on any atom is -0.444 e. The molecule has 0 amide bonds. The Morgan fingerprint density at radius 1 is 1.43 bits per heavy atom. The van der Waals surface area contributed by atoms with E-state index in [2.05, 4.69) is 33.9 Å². The van der Waals surface area contributed by atoms with Gasteiger partial charge in [-0.15, -0.1) is 0 Å². The molecule has 1 atom stereocenters. The van der Waals surface area contributed by atoms with Crippen LogP contribution in [0.4, 0.5) is 0 Å². The molecule has 6 heteroatoms. The molecule has 0 N–H and O–H groups in total. The van der Waals surface area contributed by atoms with Crippen molar-refractivity contribution >= 4 is 0 Å². The number of likely N-dealkylation sites (N-methyl/N-ethyl adjacent to an activating group) is 1. The van der Waals surface area contributed by atoms with Gasteiger partial charge in [0.05, 0.1) is 25.5 Å². The van der Waals surface area contributed by atoms with Crippen LogP contribution in [0.5, 0.6) is 0 Å². The fraction of sp³-hybridized carbons (Fsp3) is 0.600. The van der Waals surface area contributed by atoms with Crippen molar-refractivity contribution < 1.29 is 8.94 Å². The van der Waals surface area contributed by atoms with Crippen molar-refractivity contribution in [3.05, 3.63) is 35.9 Å². The van der Waals surface area contributed by atoms with Gasteiger partial charge in [-0.3, -0.25) is 9.80 Å². The second kappa shape index (κ2) is 6.41. The van der Waals surface area contributed by atoms with Gasteiger partial charge in [-0.2, -0.15) is 0 Å². The van der Waals surface area contributed by atoms with Gasteiger partial charge in [-0.25, -0.2) is 4.98 Å². The van der Waals surface area contributed by atoms with Crippen LogP contribution in [0.15, 0.2) is 27.4 Å². The molecule has 0 aliphatic carbocycles. The maximum Gasteiger partial charge on any atom is 0.208 e. The zero-order valence-corrected chi connectivity index (χ0v) is 12.7. The summed E-state index contributed by atoms with van der Waals surface area (Å²) < 4.78 is 10.9. The summed E-state index contributed by atoms with van der Waals surface area (Å²) in [6, 6.07) is 2.46. The highest BCUT2D eigenvalue weighted by Crippen LogP contribution is 2.18. The van der Waals surface area contributed by atoms with Gasteiger partial charge in [0.25, 0.3) is 0 Å². The number of nitrogens with zero attached hydrogens (tertiary/aromatic N) is 4. The molecule has 114 valence electrons. The molecular formula is C15H22N4O2. The predicted octanol–water partition coefficient (Wildman–Crippen LogP) is 1.93. The molecule has 1 aliphatic heterocycles. The molecule has 6 nitrogen and oxygen atoms in total. The molecule has 0 unspecified atom stereocenters. The number of oxazole rings is 1. The van der Waals surface area contributed by atoms with E-state index in [0.717, 1.165) is 56.4 Å². The largest absolute Gasteiger partial charge is 0.444 e. The molecule has 3 rings (SSSR count).